The number of hydrogen-bond acceptors (Lipinski definition) is 7. The molecule has 8 heteroatoms. The van der Waals surface area contributed by atoms with Crippen LogP contribution < -0.4 is 9.47 Å². The highest BCUT2D eigenvalue weighted by Crippen LogP contribution is 2.44. The molecule has 1 N–H and O–H groups in total. The third-order valence-corrected chi connectivity index (χ3v) is 5.12. The van der Waals surface area contributed by atoms with Crippen LogP contribution >= 0.6 is 0 Å². The SMILES string of the molecule is Cc1c(C)c2c(c(C)c1OC(=O)OC(C)(C)C)CCC(C)(C(O)C[N+](=O)[O-])O2. The first-order valence-electron chi connectivity index (χ1n) is 9.27. The Bertz CT molecular complexity index is 797. The number of nitrogens with zero attached hydrogens (tertiary/aromatic N) is 1. The number of rotatable bonds is 4. The van der Waals surface area contributed by atoms with Crippen LogP contribution in [0.3, 0.4) is 0 Å². The fourth-order valence-electron chi connectivity index (χ4n) is 3.33. The smallest absolute Gasteiger partial charge is 0.484 e. The number of benzene rings is 1. The number of aliphatic hydroxyl groups is 1. The summed E-state index contributed by atoms with van der Waals surface area (Å²) in [6, 6.07) is 0. The van der Waals surface area contributed by atoms with Crippen LogP contribution in [0.1, 0.15) is 56.4 Å². The first-order chi connectivity index (χ1) is 12.7. The Morgan fingerprint density at radius 1 is 1.29 bits per heavy atom. The maximum absolute atomic E-state index is 12.1. The predicted molar refractivity (Wildman–Crippen MR) is 103 cm³/mol. The Morgan fingerprint density at radius 2 is 1.89 bits per heavy atom. The summed E-state index contributed by atoms with van der Waals surface area (Å²) in [5, 5.41) is 21.1. The van der Waals surface area contributed by atoms with Crippen molar-refractivity contribution in [1.29, 1.82) is 0 Å². The summed E-state index contributed by atoms with van der Waals surface area (Å²) in [6.45, 7) is 11.9. The lowest BCUT2D eigenvalue weighted by molar-refractivity contribution is -0.494. The topological polar surface area (TPSA) is 108 Å². The Kier molecular flexibility index (Phi) is 5.94. The van der Waals surface area contributed by atoms with Crippen LogP contribution in [0.5, 0.6) is 11.5 Å². The van der Waals surface area contributed by atoms with Gasteiger partial charge in [-0.1, -0.05) is 0 Å². The summed E-state index contributed by atoms with van der Waals surface area (Å²) in [4.78, 5) is 22.4. The average Bonchev–Trinajstić information content (AvgIpc) is 2.54. The summed E-state index contributed by atoms with van der Waals surface area (Å²) in [7, 11) is 0. The monoisotopic (exact) mass is 395 g/mol. The van der Waals surface area contributed by atoms with Crippen LogP contribution in [-0.4, -0.2) is 40.0 Å². The standard InChI is InChI=1S/C20H29NO7/c1-11-12(2)17-14(8-9-20(7,27-17)15(22)10-21(24)25)13(3)16(11)26-18(23)28-19(4,5)6/h15,22H,8-10H2,1-7H3. The highest BCUT2D eigenvalue weighted by Gasteiger charge is 2.43. The lowest BCUT2D eigenvalue weighted by atomic mass is 9.84. The second-order valence-corrected chi connectivity index (χ2v) is 8.52. The number of aliphatic hydroxyl groups excluding tert-OH is 1. The molecule has 0 bridgehead atoms. The minimum absolute atomic E-state index is 0.407. The zero-order chi connectivity index (χ0) is 21.4. The van der Waals surface area contributed by atoms with Crippen LogP contribution in [0.4, 0.5) is 4.79 Å². The largest absolute Gasteiger partial charge is 0.514 e. The minimum atomic E-state index is -1.23. The average molecular weight is 395 g/mol. The van der Waals surface area contributed by atoms with E-state index in [2.05, 4.69) is 0 Å². The first kappa shape index (κ1) is 21.9. The van der Waals surface area contributed by atoms with Gasteiger partial charge in [0.1, 0.15) is 22.7 Å². The summed E-state index contributed by atoms with van der Waals surface area (Å²) >= 11 is 0. The van der Waals surface area contributed by atoms with Gasteiger partial charge in [0, 0.05) is 10.5 Å². The first-order valence-corrected chi connectivity index (χ1v) is 9.27. The van der Waals surface area contributed by atoms with Crippen molar-refractivity contribution >= 4 is 6.16 Å². The molecule has 0 saturated heterocycles. The number of fused-ring (bicyclic) bond motifs is 1. The Balaban J connectivity index is 2.38. The van der Waals surface area contributed by atoms with Crippen LogP contribution in [0, 0.1) is 30.9 Å². The van der Waals surface area contributed by atoms with Gasteiger partial charge in [-0.3, -0.25) is 10.1 Å². The van der Waals surface area contributed by atoms with E-state index in [-0.39, 0.29) is 0 Å². The number of carbonyl (C=O) groups is 1. The number of hydrogen-bond donors (Lipinski definition) is 1. The van der Waals surface area contributed by atoms with Crippen molar-refractivity contribution in [2.45, 2.75) is 78.6 Å². The molecule has 1 aromatic rings. The highest BCUT2D eigenvalue weighted by molar-refractivity contribution is 5.68. The van der Waals surface area contributed by atoms with Crippen molar-refractivity contribution in [1.82, 2.24) is 0 Å². The van der Waals surface area contributed by atoms with Crippen molar-refractivity contribution < 1.29 is 29.0 Å². The molecule has 0 saturated carbocycles. The molecule has 2 rings (SSSR count). The Labute approximate surface area is 164 Å². The van der Waals surface area contributed by atoms with Crippen LogP contribution in [-0.2, 0) is 11.2 Å². The third kappa shape index (κ3) is 4.55. The molecule has 1 aromatic carbocycles. The van der Waals surface area contributed by atoms with Gasteiger partial charge in [0.2, 0.25) is 6.54 Å². The number of carbonyl (C=O) groups excluding carboxylic acids is 1. The summed E-state index contributed by atoms with van der Waals surface area (Å²) < 4.78 is 16.8. The molecule has 1 heterocycles. The molecule has 28 heavy (non-hydrogen) atoms. The van der Waals surface area contributed by atoms with Crippen molar-refractivity contribution in [3.8, 4) is 11.5 Å². The maximum atomic E-state index is 12.1. The summed E-state index contributed by atoms with van der Waals surface area (Å²) in [6.07, 6.45) is -1.06. The van der Waals surface area contributed by atoms with E-state index < -0.39 is 34.9 Å². The second-order valence-electron chi connectivity index (χ2n) is 8.52. The van der Waals surface area contributed by atoms with Gasteiger partial charge in [-0.2, -0.15) is 0 Å². The van der Waals surface area contributed by atoms with Crippen LogP contribution in [0.25, 0.3) is 0 Å². The van der Waals surface area contributed by atoms with Gasteiger partial charge >= 0.3 is 6.16 Å². The molecule has 0 spiro atoms. The van der Waals surface area contributed by atoms with Gasteiger partial charge in [0.25, 0.3) is 0 Å². The molecule has 2 unspecified atom stereocenters. The van der Waals surface area contributed by atoms with Crippen LogP contribution in [0.15, 0.2) is 0 Å². The van der Waals surface area contributed by atoms with E-state index in [1.807, 2.05) is 20.8 Å². The van der Waals surface area contributed by atoms with E-state index in [0.717, 1.165) is 22.3 Å². The molecule has 0 aromatic heterocycles. The Morgan fingerprint density at radius 3 is 2.43 bits per heavy atom. The fraction of sp³-hybridized carbons (Fsp3) is 0.650. The van der Waals surface area contributed by atoms with Crippen molar-refractivity contribution in [3.63, 3.8) is 0 Å². The molecule has 0 radical (unpaired) electrons. The molecule has 2 atom stereocenters. The van der Waals surface area contributed by atoms with Gasteiger partial charge in [-0.05, 0) is 78.0 Å². The molecule has 0 aliphatic carbocycles. The zero-order valence-corrected chi connectivity index (χ0v) is 17.5. The molecule has 0 fully saturated rings. The van der Waals surface area contributed by atoms with E-state index >= 15 is 0 Å². The van der Waals surface area contributed by atoms with Gasteiger partial charge in [0.05, 0.1) is 0 Å². The fourth-order valence-corrected chi connectivity index (χ4v) is 3.33. The van der Waals surface area contributed by atoms with E-state index in [9.17, 15) is 20.0 Å². The number of nitro groups is 1. The highest BCUT2D eigenvalue weighted by atomic mass is 16.7. The molecule has 0 amide bonds. The van der Waals surface area contributed by atoms with Gasteiger partial charge < -0.3 is 19.3 Å². The molecule has 8 nitrogen and oxygen atoms in total. The van der Waals surface area contributed by atoms with E-state index in [1.165, 1.54) is 0 Å². The predicted octanol–water partition coefficient (Wildman–Crippen LogP) is 3.65. The van der Waals surface area contributed by atoms with Gasteiger partial charge in [-0.15, -0.1) is 0 Å². The molecular weight excluding hydrogens is 366 g/mol. The van der Waals surface area contributed by atoms with Crippen LogP contribution in [0.2, 0.25) is 0 Å². The summed E-state index contributed by atoms with van der Waals surface area (Å²) in [5.74, 6) is 1.02. The van der Waals surface area contributed by atoms with E-state index in [1.54, 1.807) is 27.7 Å². The molecular formula is C20H29NO7. The lowest BCUT2D eigenvalue weighted by Gasteiger charge is -2.39. The quantitative estimate of drug-likeness (QED) is 0.359. The molecule has 1 aliphatic rings. The maximum Gasteiger partial charge on any atom is 0.514 e. The second kappa shape index (κ2) is 7.58. The zero-order valence-electron chi connectivity index (χ0n) is 17.5. The van der Waals surface area contributed by atoms with Crippen molar-refractivity contribution in [3.05, 3.63) is 32.4 Å². The number of ether oxygens (including phenoxy) is 3. The minimum Gasteiger partial charge on any atom is -0.484 e. The molecule has 1 aliphatic heterocycles. The molecule has 156 valence electrons. The Hall–Kier alpha value is -2.35. The summed E-state index contributed by atoms with van der Waals surface area (Å²) in [5.41, 5.74) is 1.38. The third-order valence-electron chi connectivity index (χ3n) is 5.12. The van der Waals surface area contributed by atoms with Crippen molar-refractivity contribution in [2.75, 3.05) is 6.54 Å². The van der Waals surface area contributed by atoms with Gasteiger partial charge in [0.15, 0.2) is 6.10 Å². The lowest BCUT2D eigenvalue weighted by Crippen LogP contribution is -2.50. The van der Waals surface area contributed by atoms with Gasteiger partial charge in [-0.25, -0.2) is 4.79 Å². The normalized spacial score (nSPS) is 20.0. The van der Waals surface area contributed by atoms with Crippen molar-refractivity contribution in [2.24, 2.45) is 0 Å². The van der Waals surface area contributed by atoms with E-state index in [0.29, 0.717) is 24.3 Å². The van der Waals surface area contributed by atoms with E-state index in [4.69, 9.17) is 14.2 Å².